The van der Waals surface area contributed by atoms with Crippen LogP contribution in [-0.2, 0) is 9.59 Å². The second-order valence-electron chi connectivity index (χ2n) is 5.53. The van der Waals surface area contributed by atoms with Gasteiger partial charge in [0.25, 0.3) is 0 Å². The summed E-state index contributed by atoms with van der Waals surface area (Å²) < 4.78 is 0. The molecule has 1 aliphatic carbocycles. The Morgan fingerprint density at radius 2 is 1.84 bits per heavy atom. The average Bonchev–Trinajstić information content (AvgIpc) is 2.62. The van der Waals surface area contributed by atoms with Gasteiger partial charge in [-0.1, -0.05) is 32.6 Å². The van der Waals surface area contributed by atoms with Crippen molar-refractivity contribution < 1.29 is 14.7 Å². The van der Waals surface area contributed by atoms with Crippen molar-refractivity contribution in [2.75, 3.05) is 12.8 Å². The smallest absolute Gasteiger partial charge is 0.310 e. The molecule has 0 aromatic carbocycles. The summed E-state index contributed by atoms with van der Waals surface area (Å²) in [6.07, 6.45) is 7.40. The van der Waals surface area contributed by atoms with Gasteiger partial charge < -0.3 is 10.4 Å². The van der Waals surface area contributed by atoms with Crippen LogP contribution < -0.4 is 5.32 Å². The molecule has 0 aromatic rings. The van der Waals surface area contributed by atoms with E-state index in [-0.39, 0.29) is 12.3 Å². The Morgan fingerprint density at radius 3 is 2.32 bits per heavy atom. The minimum absolute atomic E-state index is 0.120. The number of nitrogens with one attached hydrogen (secondary N) is 1. The summed E-state index contributed by atoms with van der Waals surface area (Å²) >= 11 is 1.69. The fraction of sp³-hybridized carbons (Fsp3) is 0.857. The van der Waals surface area contributed by atoms with Gasteiger partial charge in [0.2, 0.25) is 5.91 Å². The molecule has 2 N–H and O–H groups in total. The van der Waals surface area contributed by atoms with Crippen molar-refractivity contribution in [1.82, 2.24) is 5.32 Å². The molecule has 1 saturated carbocycles. The van der Waals surface area contributed by atoms with E-state index in [1.807, 2.05) is 13.2 Å². The average molecular weight is 287 g/mol. The van der Waals surface area contributed by atoms with Gasteiger partial charge in [0.15, 0.2) is 0 Å². The van der Waals surface area contributed by atoms with Crippen LogP contribution in [0.15, 0.2) is 0 Å². The number of aliphatic carboxylic acids is 1. The van der Waals surface area contributed by atoms with Crippen molar-refractivity contribution in [1.29, 1.82) is 0 Å². The molecular weight excluding hydrogens is 262 g/mol. The maximum atomic E-state index is 12.0. The summed E-state index contributed by atoms with van der Waals surface area (Å²) in [6.45, 7) is 2.65. The molecule has 110 valence electrons. The number of carboxylic acids is 1. The van der Waals surface area contributed by atoms with Crippen molar-refractivity contribution in [3.63, 3.8) is 0 Å². The number of carboxylic acid groups (broad SMARTS) is 1. The third-order valence-corrected chi connectivity index (χ3v) is 4.97. The van der Waals surface area contributed by atoms with E-state index >= 15 is 0 Å². The van der Waals surface area contributed by atoms with Gasteiger partial charge in [-0.15, -0.1) is 0 Å². The van der Waals surface area contributed by atoms with Gasteiger partial charge in [-0.3, -0.25) is 9.59 Å². The number of carbonyl (C=O) groups excluding carboxylic acids is 1. The maximum absolute atomic E-state index is 12.0. The lowest BCUT2D eigenvalue weighted by atomic mass is 9.77. The first kappa shape index (κ1) is 16.3. The zero-order valence-electron chi connectivity index (χ0n) is 11.9. The van der Waals surface area contributed by atoms with Crippen LogP contribution in [-0.4, -0.2) is 35.0 Å². The van der Waals surface area contributed by atoms with Crippen LogP contribution in [0.25, 0.3) is 0 Å². The molecule has 1 unspecified atom stereocenters. The van der Waals surface area contributed by atoms with Crippen molar-refractivity contribution in [2.24, 2.45) is 5.41 Å². The van der Waals surface area contributed by atoms with Crippen LogP contribution in [0.1, 0.15) is 51.9 Å². The van der Waals surface area contributed by atoms with Gasteiger partial charge >= 0.3 is 5.97 Å². The van der Waals surface area contributed by atoms with Gasteiger partial charge in [-0.25, -0.2) is 0 Å². The Bertz CT molecular complexity index is 312. The Labute approximate surface area is 119 Å². The number of thioether (sulfide) groups is 1. The van der Waals surface area contributed by atoms with E-state index < -0.39 is 11.4 Å². The molecule has 1 fully saturated rings. The van der Waals surface area contributed by atoms with Crippen molar-refractivity contribution in [3.8, 4) is 0 Å². The predicted molar refractivity (Wildman–Crippen MR) is 78.4 cm³/mol. The molecule has 1 rings (SSSR count). The lowest BCUT2D eigenvalue weighted by molar-refractivity contribution is -0.152. The van der Waals surface area contributed by atoms with E-state index in [2.05, 4.69) is 5.32 Å². The number of carbonyl (C=O) groups is 2. The highest BCUT2D eigenvalue weighted by atomic mass is 32.2. The predicted octanol–water partition coefficient (Wildman–Crippen LogP) is 2.67. The molecule has 0 heterocycles. The Hall–Kier alpha value is -0.710. The van der Waals surface area contributed by atoms with E-state index in [0.29, 0.717) is 24.6 Å². The second kappa shape index (κ2) is 7.78. The molecule has 1 amide bonds. The van der Waals surface area contributed by atoms with Crippen molar-refractivity contribution >= 4 is 23.6 Å². The SMILES string of the molecule is CSC(C)CNC(=O)CC1(C(=O)O)CCCCCC1. The molecule has 0 radical (unpaired) electrons. The second-order valence-corrected chi connectivity index (χ2v) is 6.80. The van der Waals surface area contributed by atoms with E-state index in [0.717, 1.165) is 25.7 Å². The molecule has 5 heteroatoms. The third-order valence-electron chi connectivity index (χ3n) is 4.00. The topological polar surface area (TPSA) is 66.4 Å². The first-order chi connectivity index (χ1) is 9.00. The van der Waals surface area contributed by atoms with Gasteiger partial charge in [-0.05, 0) is 19.1 Å². The summed E-state index contributed by atoms with van der Waals surface area (Å²) in [4.78, 5) is 23.5. The molecule has 0 aromatic heterocycles. The quantitative estimate of drug-likeness (QED) is 0.737. The molecule has 0 bridgehead atoms. The van der Waals surface area contributed by atoms with Crippen molar-refractivity contribution in [2.45, 2.75) is 57.1 Å². The highest BCUT2D eigenvalue weighted by Crippen LogP contribution is 2.38. The molecule has 19 heavy (non-hydrogen) atoms. The van der Waals surface area contributed by atoms with E-state index in [1.54, 1.807) is 11.8 Å². The number of hydrogen-bond acceptors (Lipinski definition) is 3. The van der Waals surface area contributed by atoms with Crippen molar-refractivity contribution in [3.05, 3.63) is 0 Å². The maximum Gasteiger partial charge on any atom is 0.310 e. The lowest BCUT2D eigenvalue weighted by Crippen LogP contribution is -2.39. The van der Waals surface area contributed by atoms with Crippen LogP contribution in [0.3, 0.4) is 0 Å². The Kier molecular flexibility index (Phi) is 6.69. The van der Waals surface area contributed by atoms with Crippen LogP contribution >= 0.6 is 11.8 Å². The lowest BCUT2D eigenvalue weighted by Gasteiger charge is -2.27. The van der Waals surface area contributed by atoms with E-state index in [4.69, 9.17) is 0 Å². The summed E-state index contributed by atoms with van der Waals surface area (Å²) in [5, 5.41) is 12.7. The van der Waals surface area contributed by atoms with Gasteiger partial charge in [0, 0.05) is 18.2 Å². The first-order valence-electron chi connectivity index (χ1n) is 7.03. The van der Waals surface area contributed by atoms with Crippen LogP contribution in [0.5, 0.6) is 0 Å². The zero-order chi connectivity index (χ0) is 14.3. The normalized spacial score (nSPS) is 20.3. The fourth-order valence-electron chi connectivity index (χ4n) is 2.58. The van der Waals surface area contributed by atoms with E-state index in [1.165, 1.54) is 0 Å². The van der Waals surface area contributed by atoms with Gasteiger partial charge in [-0.2, -0.15) is 11.8 Å². The molecule has 0 saturated heterocycles. The van der Waals surface area contributed by atoms with Crippen LogP contribution in [0, 0.1) is 5.41 Å². The fourth-order valence-corrected chi connectivity index (χ4v) is 2.83. The van der Waals surface area contributed by atoms with Gasteiger partial charge in [0.1, 0.15) is 0 Å². The first-order valence-corrected chi connectivity index (χ1v) is 8.32. The summed E-state index contributed by atoms with van der Waals surface area (Å²) in [5.74, 6) is -0.923. The van der Waals surface area contributed by atoms with Crippen LogP contribution in [0.4, 0.5) is 0 Å². The number of rotatable bonds is 6. The molecule has 0 spiro atoms. The monoisotopic (exact) mass is 287 g/mol. The summed E-state index contributed by atoms with van der Waals surface area (Å²) in [5.41, 5.74) is -0.830. The minimum atomic E-state index is -0.830. The highest BCUT2D eigenvalue weighted by molar-refractivity contribution is 7.99. The standard InChI is InChI=1S/C14H25NO3S/c1-11(19-2)10-15-12(16)9-14(13(17)18)7-5-3-4-6-8-14/h11H,3-10H2,1-2H3,(H,15,16)(H,17,18). The molecule has 4 nitrogen and oxygen atoms in total. The number of amides is 1. The third kappa shape index (κ3) is 5.05. The van der Waals surface area contributed by atoms with E-state index in [9.17, 15) is 14.7 Å². The molecule has 1 atom stereocenters. The molecule has 1 aliphatic rings. The minimum Gasteiger partial charge on any atom is -0.481 e. The van der Waals surface area contributed by atoms with Crippen LogP contribution in [0.2, 0.25) is 0 Å². The summed E-state index contributed by atoms with van der Waals surface area (Å²) in [7, 11) is 0. The number of hydrogen-bond donors (Lipinski definition) is 2. The van der Waals surface area contributed by atoms with Gasteiger partial charge in [0.05, 0.1) is 5.41 Å². The molecular formula is C14H25NO3S. The zero-order valence-corrected chi connectivity index (χ0v) is 12.7. The largest absolute Gasteiger partial charge is 0.481 e. The summed E-state index contributed by atoms with van der Waals surface area (Å²) in [6, 6.07) is 0. The Balaban J connectivity index is 2.57. The highest BCUT2D eigenvalue weighted by Gasteiger charge is 2.40. The Morgan fingerprint density at radius 1 is 1.26 bits per heavy atom. The molecule has 0 aliphatic heterocycles.